The molecule has 1 fully saturated rings. The first-order chi connectivity index (χ1) is 11.6. The summed E-state index contributed by atoms with van der Waals surface area (Å²) in [5.74, 6) is -0.292. The number of hydrogen-bond acceptors (Lipinski definition) is 4. The molecule has 1 aliphatic rings. The molecule has 0 aliphatic carbocycles. The molecule has 7 nitrogen and oxygen atoms in total. The maximum absolute atomic E-state index is 13.8. The number of alkyl halides is 1. The third kappa shape index (κ3) is 3.46. The van der Waals surface area contributed by atoms with E-state index in [-0.39, 0.29) is 11.9 Å². The molecule has 0 unspecified atom stereocenters. The van der Waals surface area contributed by atoms with Crippen molar-refractivity contribution in [1.29, 1.82) is 5.26 Å². The van der Waals surface area contributed by atoms with E-state index >= 15 is 0 Å². The van der Waals surface area contributed by atoms with Gasteiger partial charge in [-0.05, 0) is 18.6 Å². The standard InChI is InChI=1S/C16H19FN6O/c1-22-13(2-3-21-22)10-23-9-12(17)5-14(23)8-20-16(24)15-4-11(6-18)7-19-15/h2-4,7,12,14,19H,5,8-10H2,1H3,(H,20,24)/t12-,14-/m0/s1. The third-order valence-corrected chi connectivity index (χ3v) is 4.32. The average molecular weight is 330 g/mol. The number of carbonyl (C=O) groups excluding carboxylic acids is 1. The van der Waals surface area contributed by atoms with Gasteiger partial charge in [0.05, 0.1) is 11.3 Å². The number of aromatic amines is 1. The van der Waals surface area contributed by atoms with Crippen LogP contribution in [0.15, 0.2) is 24.5 Å². The summed E-state index contributed by atoms with van der Waals surface area (Å²) < 4.78 is 15.6. The molecule has 2 aromatic heterocycles. The molecule has 126 valence electrons. The predicted octanol–water partition coefficient (Wildman–Crippen LogP) is 0.962. The average Bonchev–Trinajstić information content (AvgIpc) is 3.27. The number of hydrogen-bond donors (Lipinski definition) is 2. The first-order valence-electron chi connectivity index (χ1n) is 7.78. The quantitative estimate of drug-likeness (QED) is 0.854. The minimum atomic E-state index is -0.893. The van der Waals surface area contributed by atoms with Crippen LogP contribution in [0.3, 0.4) is 0 Å². The fourth-order valence-corrected chi connectivity index (χ4v) is 2.99. The number of carbonyl (C=O) groups is 1. The van der Waals surface area contributed by atoms with Crippen molar-refractivity contribution < 1.29 is 9.18 Å². The molecule has 3 rings (SSSR count). The van der Waals surface area contributed by atoms with E-state index in [2.05, 4.69) is 15.4 Å². The number of nitrogens with one attached hydrogen (secondary N) is 2. The summed E-state index contributed by atoms with van der Waals surface area (Å²) in [5.41, 5.74) is 1.74. The van der Waals surface area contributed by atoms with E-state index in [1.165, 1.54) is 12.3 Å². The Kier molecular flexibility index (Phi) is 4.62. The van der Waals surface area contributed by atoms with Crippen LogP contribution in [-0.2, 0) is 13.6 Å². The second-order valence-electron chi connectivity index (χ2n) is 5.99. The van der Waals surface area contributed by atoms with E-state index in [0.717, 1.165) is 5.69 Å². The zero-order valence-corrected chi connectivity index (χ0v) is 13.4. The van der Waals surface area contributed by atoms with Crippen molar-refractivity contribution in [2.24, 2.45) is 7.05 Å². The molecule has 2 aromatic rings. The zero-order valence-electron chi connectivity index (χ0n) is 13.4. The minimum Gasteiger partial charge on any atom is -0.356 e. The van der Waals surface area contributed by atoms with Gasteiger partial charge in [-0.3, -0.25) is 14.4 Å². The Hall–Kier alpha value is -2.66. The van der Waals surface area contributed by atoms with Gasteiger partial charge in [-0.2, -0.15) is 10.4 Å². The molecule has 24 heavy (non-hydrogen) atoms. The molecule has 0 radical (unpaired) electrons. The number of amides is 1. The number of nitrogens with zero attached hydrogens (tertiary/aromatic N) is 4. The predicted molar refractivity (Wildman–Crippen MR) is 84.8 cm³/mol. The Morgan fingerprint density at radius 2 is 2.46 bits per heavy atom. The fourth-order valence-electron chi connectivity index (χ4n) is 2.99. The fraction of sp³-hybridized carbons (Fsp3) is 0.438. The lowest BCUT2D eigenvalue weighted by Gasteiger charge is -2.24. The normalized spacial score (nSPS) is 20.9. The summed E-state index contributed by atoms with van der Waals surface area (Å²) in [4.78, 5) is 16.9. The Morgan fingerprint density at radius 3 is 3.12 bits per heavy atom. The number of aryl methyl sites for hydroxylation is 1. The lowest BCUT2D eigenvalue weighted by atomic mass is 10.2. The van der Waals surface area contributed by atoms with Crippen LogP contribution < -0.4 is 5.32 Å². The Balaban J connectivity index is 1.59. The molecular weight excluding hydrogens is 311 g/mol. The van der Waals surface area contributed by atoms with Crippen LogP contribution in [0.5, 0.6) is 0 Å². The van der Waals surface area contributed by atoms with Gasteiger partial charge in [0.25, 0.3) is 5.91 Å². The molecule has 0 spiro atoms. The molecule has 8 heteroatoms. The van der Waals surface area contributed by atoms with Gasteiger partial charge < -0.3 is 10.3 Å². The highest BCUT2D eigenvalue weighted by atomic mass is 19.1. The van der Waals surface area contributed by atoms with Gasteiger partial charge in [-0.1, -0.05) is 0 Å². The van der Waals surface area contributed by atoms with Crippen LogP contribution in [-0.4, -0.2) is 50.9 Å². The van der Waals surface area contributed by atoms with Crippen LogP contribution in [0.2, 0.25) is 0 Å². The van der Waals surface area contributed by atoms with Crippen molar-refractivity contribution in [3.8, 4) is 6.07 Å². The molecule has 0 saturated carbocycles. The number of rotatable bonds is 5. The second kappa shape index (κ2) is 6.84. The highest BCUT2D eigenvalue weighted by molar-refractivity contribution is 5.92. The summed E-state index contributed by atoms with van der Waals surface area (Å²) in [6.45, 7) is 1.31. The van der Waals surface area contributed by atoms with Crippen LogP contribution in [0, 0.1) is 11.3 Å². The van der Waals surface area contributed by atoms with E-state index in [0.29, 0.717) is 37.3 Å². The number of halogens is 1. The maximum Gasteiger partial charge on any atom is 0.267 e. The van der Waals surface area contributed by atoms with Crippen molar-refractivity contribution in [2.45, 2.75) is 25.2 Å². The summed E-state index contributed by atoms with van der Waals surface area (Å²) >= 11 is 0. The van der Waals surface area contributed by atoms with E-state index in [9.17, 15) is 9.18 Å². The van der Waals surface area contributed by atoms with Crippen LogP contribution >= 0.6 is 0 Å². The van der Waals surface area contributed by atoms with E-state index < -0.39 is 6.17 Å². The largest absolute Gasteiger partial charge is 0.356 e. The molecule has 1 amide bonds. The van der Waals surface area contributed by atoms with Gasteiger partial charge in [0, 0.05) is 45.1 Å². The molecule has 2 atom stereocenters. The molecule has 2 N–H and O–H groups in total. The van der Waals surface area contributed by atoms with Gasteiger partial charge in [0.2, 0.25) is 0 Å². The minimum absolute atomic E-state index is 0.0655. The third-order valence-electron chi connectivity index (χ3n) is 4.32. The van der Waals surface area contributed by atoms with Gasteiger partial charge in [0.15, 0.2) is 0 Å². The lowest BCUT2D eigenvalue weighted by Crippen LogP contribution is -2.40. The van der Waals surface area contributed by atoms with Crippen molar-refractivity contribution in [2.75, 3.05) is 13.1 Å². The maximum atomic E-state index is 13.8. The first kappa shape index (κ1) is 16.2. The Morgan fingerprint density at radius 1 is 1.62 bits per heavy atom. The molecule has 3 heterocycles. The number of nitriles is 1. The zero-order chi connectivity index (χ0) is 17.1. The Labute approximate surface area is 139 Å². The first-order valence-corrected chi connectivity index (χ1v) is 7.78. The lowest BCUT2D eigenvalue weighted by molar-refractivity contribution is 0.0935. The van der Waals surface area contributed by atoms with Crippen LogP contribution in [0.4, 0.5) is 4.39 Å². The molecule has 1 saturated heterocycles. The van der Waals surface area contributed by atoms with E-state index in [1.54, 1.807) is 10.9 Å². The van der Waals surface area contributed by atoms with Crippen LogP contribution in [0.1, 0.15) is 28.2 Å². The number of likely N-dealkylation sites (tertiary alicyclic amines) is 1. The SMILES string of the molecule is Cn1nccc1CN1C[C@@H](F)C[C@H]1CNC(=O)c1cc(C#N)c[nH]1. The van der Waals surface area contributed by atoms with Crippen molar-refractivity contribution in [1.82, 2.24) is 25.0 Å². The van der Waals surface area contributed by atoms with Gasteiger partial charge >= 0.3 is 0 Å². The molecular formula is C16H19FN6O. The summed E-state index contributed by atoms with van der Waals surface area (Å²) in [6.07, 6.45) is 2.70. The Bertz CT molecular complexity index is 761. The smallest absolute Gasteiger partial charge is 0.267 e. The van der Waals surface area contributed by atoms with Gasteiger partial charge in [-0.15, -0.1) is 0 Å². The molecule has 0 bridgehead atoms. The van der Waals surface area contributed by atoms with Crippen molar-refractivity contribution >= 4 is 5.91 Å². The number of H-pyrrole nitrogens is 1. The van der Waals surface area contributed by atoms with Gasteiger partial charge in [0.1, 0.15) is 17.9 Å². The summed E-state index contributed by atoms with van der Waals surface area (Å²) in [5, 5.41) is 15.7. The molecule has 0 aromatic carbocycles. The molecule has 1 aliphatic heterocycles. The highest BCUT2D eigenvalue weighted by Gasteiger charge is 2.32. The summed E-state index contributed by atoms with van der Waals surface area (Å²) in [7, 11) is 1.85. The van der Waals surface area contributed by atoms with Crippen molar-refractivity contribution in [3.05, 3.63) is 41.5 Å². The van der Waals surface area contributed by atoms with E-state index in [1.807, 2.05) is 24.1 Å². The second-order valence-corrected chi connectivity index (χ2v) is 5.99. The van der Waals surface area contributed by atoms with Crippen molar-refractivity contribution in [3.63, 3.8) is 0 Å². The van der Waals surface area contributed by atoms with E-state index in [4.69, 9.17) is 5.26 Å². The summed E-state index contributed by atoms with van der Waals surface area (Å²) in [6, 6.07) is 5.30. The highest BCUT2D eigenvalue weighted by Crippen LogP contribution is 2.22. The monoisotopic (exact) mass is 330 g/mol. The van der Waals surface area contributed by atoms with Crippen LogP contribution in [0.25, 0.3) is 0 Å². The number of aromatic nitrogens is 3. The van der Waals surface area contributed by atoms with Gasteiger partial charge in [-0.25, -0.2) is 4.39 Å². The topological polar surface area (TPSA) is 89.7 Å².